The molecule has 0 atom stereocenters. The molecule has 2 aromatic carbocycles. The molecule has 0 saturated heterocycles. The maximum absolute atomic E-state index is 3.18. The van der Waals surface area contributed by atoms with Crippen LogP contribution in [0.1, 0.15) is 27.8 Å². The Balaban J connectivity index is 2.52. The maximum Gasteiger partial charge on any atom is 0.0202 e. The molecule has 0 aliphatic rings. The van der Waals surface area contributed by atoms with E-state index in [-0.39, 0.29) is 0 Å². The molecule has 0 amide bonds. The van der Waals surface area contributed by atoms with Crippen LogP contribution in [0.3, 0.4) is 0 Å². The van der Waals surface area contributed by atoms with Gasteiger partial charge < -0.3 is 5.32 Å². The molecule has 1 N–H and O–H groups in total. The van der Waals surface area contributed by atoms with Crippen molar-refractivity contribution in [2.45, 2.75) is 34.2 Å². The minimum atomic E-state index is 0.922. The highest BCUT2D eigenvalue weighted by atomic mass is 14.8. The van der Waals surface area contributed by atoms with E-state index in [0.717, 1.165) is 6.54 Å². The third-order valence-electron chi connectivity index (χ3n) is 3.99. The van der Waals surface area contributed by atoms with E-state index >= 15 is 0 Å². The first kappa shape index (κ1) is 13.8. The van der Waals surface area contributed by atoms with Crippen LogP contribution < -0.4 is 5.32 Å². The van der Waals surface area contributed by atoms with Gasteiger partial charge in [-0.3, -0.25) is 0 Å². The summed E-state index contributed by atoms with van der Waals surface area (Å²) < 4.78 is 0. The summed E-state index contributed by atoms with van der Waals surface area (Å²) in [6.07, 6.45) is 0. The average Bonchev–Trinajstić information content (AvgIpc) is 2.39. The van der Waals surface area contributed by atoms with E-state index in [1.807, 2.05) is 7.05 Å². The van der Waals surface area contributed by atoms with Crippen LogP contribution in [0.25, 0.3) is 11.1 Å². The largest absolute Gasteiger partial charge is 0.316 e. The smallest absolute Gasteiger partial charge is 0.0202 e. The molecule has 0 aliphatic heterocycles. The molecule has 0 aliphatic carbocycles. The Morgan fingerprint density at radius 1 is 0.842 bits per heavy atom. The maximum atomic E-state index is 3.18. The van der Waals surface area contributed by atoms with E-state index in [1.54, 1.807) is 0 Å². The summed E-state index contributed by atoms with van der Waals surface area (Å²) in [7, 11) is 1.98. The minimum Gasteiger partial charge on any atom is -0.316 e. The van der Waals surface area contributed by atoms with Gasteiger partial charge in [-0.1, -0.05) is 30.3 Å². The summed E-state index contributed by atoms with van der Waals surface area (Å²) in [5.74, 6) is 0. The van der Waals surface area contributed by atoms with Gasteiger partial charge in [0.25, 0.3) is 0 Å². The van der Waals surface area contributed by atoms with Crippen molar-refractivity contribution in [3.05, 3.63) is 58.1 Å². The van der Waals surface area contributed by atoms with Crippen molar-refractivity contribution in [3.63, 3.8) is 0 Å². The van der Waals surface area contributed by atoms with Crippen LogP contribution in [0.15, 0.2) is 30.3 Å². The first-order valence-electron chi connectivity index (χ1n) is 6.86. The summed E-state index contributed by atoms with van der Waals surface area (Å²) in [5.41, 5.74) is 9.57. The van der Waals surface area contributed by atoms with Crippen molar-refractivity contribution in [2.75, 3.05) is 7.05 Å². The zero-order chi connectivity index (χ0) is 14.0. The molecule has 1 heteroatoms. The second kappa shape index (κ2) is 5.58. The molecule has 0 spiro atoms. The zero-order valence-corrected chi connectivity index (χ0v) is 12.6. The SMILES string of the molecule is CNCc1ccc(-c2c(C)c(C)cc(C)c2C)cc1. The molecular weight excluding hydrogens is 230 g/mol. The quantitative estimate of drug-likeness (QED) is 0.859. The van der Waals surface area contributed by atoms with Gasteiger partial charge in [0, 0.05) is 6.54 Å². The molecule has 19 heavy (non-hydrogen) atoms. The van der Waals surface area contributed by atoms with Crippen LogP contribution in [0.2, 0.25) is 0 Å². The first-order chi connectivity index (χ1) is 9.04. The summed E-state index contributed by atoms with van der Waals surface area (Å²) in [5, 5.41) is 3.18. The fraction of sp³-hybridized carbons (Fsp3) is 0.333. The first-order valence-corrected chi connectivity index (χ1v) is 6.86. The third kappa shape index (κ3) is 2.71. The van der Waals surface area contributed by atoms with Gasteiger partial charge in [0.15, 0.2) is 0 Å². The van der Waals surface area contributed by atoms with Gasteiger partial charge in [0.2, 0.25) is 0 Å². The lowest BCUT2D eigenvalue weighted by Crippen LogP contribution is -2.04. The number of hydrogen-bond acceptors (Lipinski definition) is 1. The van der Waals surface area contributed by atoms with E-state index in [4.69, 9.17) is 0 Å². The minimum absolute atomic E-state index is 0.922. The van der Waals surface area contributed by atoms with Crippen molar-refractivity contribution in [2.24, 2.45) is 0 Å². The van der Waals surface area contributed by atoms with Crippen LogP contribution >= 0.6 is 0 Å². The topological polar surface area (TPSA) is 12.0 Å². The van der Waals surface area contributed by atoms with Crippen LogP contribution in [0, 0.1) is 27.7 Å². The lowest BCUT2D eigenvalue weighted by Gasteiger charge is -2.16. The highest BCUT2D eigenvalue weighted by Crippen LogP contribution is 2.31. The molecule has 0 bridgehead atoms. The Kier molecular flexibility index (Phi) is 4.06. The molecule has 0 unspecified atom stereocenters. The number of aryl methyl sites for hydroxylation is 2. The molecule has 0 heterocycles. The van der Waals surface area contributed by atoms with Gasteiger partial charge in [-0.05, 0) is 73.7 Å². The average molecular weight is 253 g/mol. The van der Waals surface area contributed by atoms with E-state index < -0.39 is 0 Å². The summed E-state index contributed by atoms with van der Waals surface area (Å²) >= 11 is 0. The van der Waals surface area contributed by atoms with E-state index in [9.17, 15) is 0 Å². The van der Waals surface area contributed by atoms with Crippen LogP contribution in [0.4, 0.5) is 0 Å². The monoisotopic (exact) mass is 253 g/mol. The Bertz CT molecular complexity index is 553. The molecule has 2 aromatic rings. The van der Waals surface area contributed by atoms with Crippen molar-refractivity contribution < 1.29 is 0 Å². The standard InChI is InChI=1S/C18H23N/c1-12-10-13(2)15(4)18(14(12)3)17-8-6-16(7-9-17)11-19-5/h6-10,19H,11H2,1-5H3. The van der Waals surface area contributed by atoms with Gasteiger partial charge in [-0.2, -0.15) is 0 Å². The highest BCUT2D eigenvalue weighted by Gasteiger charge is 2.10. The Morgan fingerprint density at radius 3 is 1.84 bits per heavy atom. The number of hydrogen-bond donors (Lipinski definition) is 1. The third-order valence-corrected chi connectivity index (χ3v) is 3.99. The van der Waals surface area contributed by atoms with E-state index in [1.165, 1.54) is 38.9 Å². The number of nitrogens with one attached hydrogen (secondary N) is 1. The fourth-order valence-electron chi connectivity index (χ4n) is 2.64. The lowest BCUT2D eigenvalue weighted by molar-refractivity contribution is 0.818. The van der Waals surface area contributed by atoms with Crippen molar-refractivity contribution >= 4 is 0 Å². The highest BCUT2D eigenvalue weighted by molar-refractivity contribution is 5.73. The van der Waals surface area contributed by atoms with Crippen molar-refractivity contribution in [3.8, 4) is 11.1 Å². The molecule has 0 radical (unpaired) electrons. The van der Waals surface area contributed by atoms with Gasteiger partial charge in [0.05, 0.1) is 0 Å². The summed E-state index contributed by atoms with van der Waals surface area (Å²) in [6, 6.07) is 11.2. The fourth-order valence-corrected chi connectivity index (χ4v) is 2.64. The molecule has 100 valence electrons. The van der Waals surface area contributed by atoms with E-state index in [0.29, 0.717) is 0 Å². The Morgan fingerprint density at radius 2 is 1.37 bits per heavy atom. The zero-order valence-electron chi connectivity index (χ0n) is 12.6. The van der Waals surface area contributed by atoms with Gasteiger partial charge in [0.1, 0.15) is 0 Å². The molecule has 2 rings (SSSR count). The Hall–Kier alpha value is -1.60. The predicted molar refractivity (Wildman–Crippen MR) is 83.6 cm³/mol. The molecule has 0 fully saturated rings. The summed E-state index contributed by atoms with van der Waals surface area (Å²) in [6.45, 7) is 9.75. The lowest BCUT2D eigenvalue weighted by atomic mass is 9.89. The molecule has 0 aromatic heterocycles. The van der Waals surface area contributed by atoms with Crippen LogP contribution in [-0.4, -0.2) is 7.05 Å². The van der Waals surface area contributed by atoms with Gasteiger partial charge in [-0.15, -0.1) is 0 Å². The van der Waals surface area contributed by atoms with Crippen LogP contribution in [0.5, 0.6) is 0 Å². The molecule has 1 nitrogen and oxygen atoms in total. The van der Waals surface area contributed by atoms with Crippen molar-refractivity contribution in [1.29, 1.82) is 0 Å². The normalized spacial score (nSPS) is 10.8. The van der Waals surface area contributed by atoms with E-state index in [2.05, 4.69) is 63.3 Å². The molecular formula is C18H23N. The number of rotatable bonds is 3. The van der Waals surface area contributed by atoms with Gasteiger partial charge >= 0.3 is 0 Å². The number of benzene rings is 2. The van der Waals surface area contributed by atoms with Gasteiger partial charge in [-0.25, -0.2) is 0 Å². The predicted octanol–water partition coefficient (Wildman–Crippen LogP) is 4.31. The Labute approximate surface area is 116 Å². The second-order valence-corrected chi connectivity index (χ2v) is 5.36. The summed E-state index contributed by atoms with van der Waals surface area (Å²) in [4.78, 5) is 0. The second-order valence-electron chi connectivity index (χ2n) is 5.36. The van der Waals surface area contributed by atoms with Crippen molar-refractivity contribution in [1.82, 2.24) is 5.32 Å². The molecule has 0 saturated carbocycles. The van der Waals surface area contributed by atoms with Crippen LogP contribution in [-0.2, 0) is 6.54 Å².